The Bertz CT molecular complexity index is 293. The molecule has 0 unspecified atom stereocenters. The molecule has 4 nitrogen and oxygen atoms in total. The molecule has 4 heteroatoms. The first-order valence-corrected chi connectivity index (χ1v) is 4.36. The molecule has 13 heavy (non-hydrogen) atoms. The van der Waals surface area contributed by atoms with Crippen molar-refractivity contribution < 1.29 is 4.79 Å². The molecule has 0 bridgehead atoms. The molecule has 0 aliphatic heterocycles. The third-order valence-electron chi connectivity index (χ3n) is 2.05. The van der Waals surface area contributed by atoms with Crippen LogP contribution in [0.5, 0.6) is 0 Å². The van der Waals surface area contributed by atoms with Crippen LogP contribution in [0.4, 0.5) is 0 Å². The SMILES string of the molecule is CCC(=O)N(C)Cc1ccnn1C. The second-order valence-electron chi connectivity index (χ2n) is 3.05. The standard InChI is InChI=1S/C9H15N3O/c1-4-9(13)11(2)7-8-5-6-10-12(8)3/h5-6H,4,7H2,1-3H3. The van der Waals surface area contributed by atoms with E-state index in [1.165, 1.54) is 0 Å². The van der Waals surface area contributed by atoms with Gasteiger partial charge in [0.25, 0.3) is 0 Å². The van der Waals surface area contributed by atoms with Gasteiger partial charge >= 0.3 is 0 Å². The molecule has 1 amide bonds. The Labute approximate surface area is 78.1 Å². The van der Waals surface area contributed by atoms with Gasteiger partial charge in [-0.3, -0.25) is 9.48 Å². The van der Waals surface area contributed by atoms with E-state index in [0.717, 1.165) is 5.69 Å². The zero-order valence-corrected chi connectivity index (χ0v) is 8.32. The topological polar surface area (TPSA) is 38.1 Å². The Morgan fingerprint density at radius 3 is 2.85 bits per heavy atom. The summed E-state index contributed by atoms with van der Waals surface area (Å²) in [6.07, 6.45) is 2.29. The lowest BCUT2D eigenvalue weighted by atomic mass is 10.3. The minimum atomic E-state index is 0.154. The summed E-state index contributed by atoms with van der Waals surface area (Å²) in [5, 5.41) is 4.03. The number of aromatic nitrogens is 2. The Morgan fingerprint density at radius 1 is 1.69 bits per heavy atom. The number of amides is 1. The number of carbonyl (C=O) groups is 1. The molecular weight excluding hydrogens is 166 g/mol. The summed E-state index contributed by atoms with van der Waals surface area (Å²) in [6, 6.07) is 1.92. The summed E-state index contributed by atoms with van der Waals surface area (Å²) in [5.74, 6) is 0.154. The highest BCUT2D eigenvalue weighted by molar-refractivity contribution is 5.75. The molecule has 0 aliphatic carbocycles. The minimum Gasteiger partial charge on any atom is -0.340 e. The summed E-state index contributed by atoms with van der Waals surface area (Å²) in [6.45, 7) is 2.49. The summed E-state index contributed by atoms with van der Waals surface area (Å²) in [7, 11) is 3.68. The van der Waals surface area contributed by atoms with Crippen LogP contribution < -0.4 is 0 Å². The number of nitrogens with zero attached hydrogens (tertiary/aromatic N) is 3. The molecule has 0 atom stereocenters. The monoisotopic (exact) mass is 181 g/mol. The van der Waals surface area contributed by atoms with E-state index in [-0.39, 0.29) is 5.91 Å². The van der Waals surface area contributed by atoms with Gasteiger partial charge in [0.1, 0.15) is 0 Å². The van der Waals surface area contributed by atoms with Crippen LogP contribution in [0.25, 0.3) is 0 Å². The summed E-state index contributed by atoms with van der Waals surface area (Å²) < 4.78 is 1.78. The van der Waals surface area contributed by atoms with Gasteiger partial charge in [0, 0.05) is 26.7 Å². The average Bonchev–Trinajstić information content (AvgIpc) is 2.50. The predicted octanol–water partition coefficient (Wildman–Crippen LogP) is 0.788. The zero-order valence-electron chi connectivity index (χ0n) is 8.32. The maximum absolute atomic E-state index is 11.2. The van der Waals surface area contributed by atoms with Gasteiger partial charge in [0.05, 0.1) is 12.2 Å². The van der Waals surface area contributed by atoms with Crippen molar-refractivity contribution in [3.05, 3.63) is 18.0 Å². The molecule has 1 rings (SSSR count). The highest BCUT2D eigenvalue weighted by Gasteiger charge is 2.07. The molecule has 0 radical (unpaired) electrons. The predicted molar refractivity (Wildman–Crippen MR) is 50.0 cm³/mol. The highest BCUT2D eigenvalue weighted by atomic mass is 16.2. The van der Waals surface area contributed by atoms with Crippen molar-refractivity contribution in [3.8, 4) is 0 Å². The van der Waals surface area contributed by atoms with Crippen LogP contribution in [0.2, 0.25) is 0 Å². The summed E-state index contributed by atoms with van der Waals surface area (Å²) in [4.78, 5) is 13.0. The van der Waals surface area contributed by atoms with E-state index in [1.807, 2.05) is 20.0 Å². The number of rotatable bonds is 3. The van der Waals surface area contributed by atoms with Crippen LogP contribution >= 0.6 is 0 Å². The summed E-state index contributed by atoms with van der Waals surface area (Å²) in [5.41, 5.74) is 1.05. The van der Waals surface area contributed by atoms with Crippen LogP contribution in [-0.2, 0) is 18.4 Å². The molecule has 0 N–H and O–H groups in total. The van der Waals surface area contributed by atoms with E-state index in [0.29, 0.717) is 13.0 Å². The second kappa shape index (κ2) is 4.07. The van der Waals surface area contributed by atoms with E-state index < -0.39 is 0 Å². The highest BCUT2D eigenvalue weighted by Crippen LogP contribution is 2.02. The van der Waals surface area contributed by atoms with Crippen molar-refractivity contribution in [2.45, 2.75) is 19.9 Å². The van der Waals surface area contributed by atoms with Gasteiger partial charge in [0.15, 0.2) is 0 Å². The normalized spacial score (nSPS) is 10.1. The van der Waals surface area contributed by atoms with Crippen molar-refractivity contribution in [1.29, 1.82) is 0 Å². The van der Waals surface area contributed by atoms with E-state index >= 15 is 0 Å². The van der Waals surface area contributed by atoms with Crippen LogP contribution in [-0.4, -0.2) is 27.6 Å². The first-order chi connectivity index (χ1) is 6.15. The Hall–Kier alpha value is -1.32. The number of carbonyl (C=O) groups excluding carboxylic acids is 1. The Morgan fingerprint density at radius 2 is 2.38 bits per heavy atom. The molecule has 0 saturated heterocycles. The molecule has 1 aromatic heterocycles. The fourth-order valence-corrected chi connectivity index (χ4v) is 1.16. The van der Waals surface area contributed by atoms with Crippen LogP contribution in [0, 0.1) is 0 Å². The van der Waals surface area contributed by atoms with Gasteiger partial charge in [-0.25, -0.2) is 0 Å². The Balaban J connectivity index is 2.59. The van der Waals surface area contributed by atoms with Gasteiger partial charge in [-0.05, 0) is 6.07 Å². The molecule has 1 heterocycles. The first kappa shape index (κ1) is 9.77. The smallest absolute Gasteiger partial charge is 0.222 e. The molecule has 0 aromatic carbocycles. The fraction of sp³-hybridized carbons (Fsp3) is 0.556. The molecule has 0 fully saturated rings. The number of hydrogen-bond acceptors (Lipinski definition) is 2. The van der Waals surface area contributed by atoms with E-state index in [1.54, 1.807) is 22.8 Å². The zero-order chi connectivity index (χ0) is 9.84. The molecular formula is C9H15N3O. The van der Waals surface area contributed by atoms with Crippen molar-refractivity contribution in [1.82, 2.24) is 14.7 Å². The van der Waals surface area contributed by atoms with Crippen molar-refractivity contribution in [2.75, 3.05) is 7.05 Å². The second-order valence-corrected chi connectivity index (χ2v) is 3.05. The van der Waals surface area contributed by atoms with Crippen LogP contribution in [0.15, 0.2) is 12.3 Å². The third kappa shape index (κ3) is 2.31. The summed E-state index contributed by atoms with van der Waals surface area (Å²) >= 11 is 0. The van der Waals surface area contributed by atoms with Crippen molar-refractivity contribution >= 4 is 5.91 Å². The maximum Gasteiger partial charge on any atom is 0.222 e. The number of hydrogen-bond donors (Lipinski definition) is 0. The van der Waals surface area contributed by atoms with Gasteiger partial charge in [-0.1, -0.05) is 6.92 Å². The lowest BCUT2D eigenvalue weighted by Crippen LogP contribution is -2.26. The molecule has 72 valence electrons. The van der Waals surface area contributed by atoms with Gasteiger partial charge in [-0.15, -0.1) is 0 Å². The van der Waals surface area contributed by atoms with Gasteiger partial charge in [-0.2, -0.15) is 5.10 Å². The maximum atomic E-state index is 11.2. The van der Waals surface area contributed by atoms with Gasteiger partial charge < -0.3 is 4.90 Å². The van der Waals surface area contributed by atoms with Crippen LogP contribution in [0.3, 0.4) is 0 Å². The first-order valence-electron chi connectivity index (χ1n) is 4.36. The molecule has 0 spiro atoms. The molecule has 0 aliphatic rings. The molecule has 0 saturated carbocycles. The van der Waals surface area contributed by atoms with Crippen molar-refractivity contribution in [3.63, 3.8) is 0 Å². The number of aryl methyl sites for hydroxylation is 1. The lowest BCUT2D eigenvalue weighted by molar-refractivity contribution is -0.130. The van der Waals surface area contributed by atoms with Gasteiger partial charge in [0.2, 0.25) is 5.91 Å². The average molecular weight is 181 g/mol. The van der Waals surface area contributed by atoms with Crippen LogP contribution in [0.1, 0.15) is 19.0 Å². The Kier molecular flexibility index (Phi) is 3.06. The largest absolute Gasteiger partial charge is 0.340 e. The lowest BCUT2D eigenvalue weighted by Gasteiger charge is -2.15. The molecule has 1 aromatic rings. The van der Waals surface area contributed by atoms with E-state index in [2.05, 4.69) is 5.10 Å². The van der Waals surface area contributed by atoms with Crippen molar-refractivity contribution in [2.24, 2.45) is 7.05 Å². The fourth-order valence-electron chi connectivity index (χ4n) is 1.16. The quantitative estimate of drug-likeness (QED) is 0.691. The minimum absolute atomic E-state index is 0.154. The van der Waals surface area contributed by atoms with E-state index in [9.17, 15) is 4.79 Å². The third-order valence-corrected chi connectivity index (χ3v) is 2.05. The van der Waals surface area contributed by atoms with E-state index in [4.69, 9.17) is 0 Å².